The Morgan fingerprint density at radius 3 is 2.09 bits per heavy atom. The molecule has 0 heterocycles. The minimum atomic E-state index is -0.989. The molecule has 0 aromatic heterocycles. The van der Waals surface area contributed by atoms with E-state index in [2.05, 4.69) is 0 Å². The standard InChI is InChI=1S/C17H12O5/c18-12-7-5-9(6-8-13(19)20)14-15(12)17(22)11-4-2-1-3-10(11)16(14)21/h1-5,7,18H,6,8H2,(H,19,20). The summed E-state index contributed by atoms with van der Waals surface area (Å²) < 4.78 is 0. The lowest BCUT2D eigenvalue weighted by Crippen LogP contribution is -2.23. The molecule has 22 heavy (non-hydrogen) atoms. The lowest BCUT2D eigenvalue weighted by atomic mass is 9.80. The van der Waals surface area contributed by atoms with Crippen molar-refractivity contribution in [3.8, 4) is 5.75 Å². The van der Waals surface area contributed by atoms with Crippen molar-refractivity contribution in [3.05, 3.63) is 64.2 Å². The molecule has 0 saturated heterocycles. The van der Waals surface area contributed by atoms with E-state index >= 15 is 0 Å². The fourth-order valence-electron chi connectivity index (χ4n) is 2.72. The molecule has 5 heteroatoms. The van der Waals surface area contributed by atoms with Gasteiger partial charge in [0.2, 0.25) is 0 Å². The molecule has 0 amide bonds. The molecular weight excluding hydrogens is 284 g/mol. The maximum absolute atomic E-state index is 12.7. The molecule has 0 atom stereocenters. The highest BCUT2D eigenvalue weighted by molar-refractivity contribution is 6.29. The second-order valence-electron chi connectivity index (χ2n) is 5.09. The first kappa shape index (κ1) is 14.0. The number of fused-ring (bicyclic) bond motifs is 2. The van der Waals surface area contributed by atoms with Crippen LogP contribution in [0.15, 0.2) is 36.4 Å². The molecule has 0 unspecified atom stereocenters. The molecule has 0 aliphatic heterocycles. The van der Waals surface area contributed by atoms with Crippen LogP contribution in [0, 0.1) is 0 Å². The maximum atomic E-state index is 12.7. The molecule has 2 aromatic rings. The highest BCUT2D eigenvalue weighted by Gasteiger charge is 2.33. The Hall–Kier alpha value is -2.95. The van der Waals surface area contributed by atoms with Crippen LogP contribution in [-0.2, 0) is 11.2 Å². The number of aromatic hydroxyl groups is 1. The topological polar surface area (TPSA) is 91.7 Å². The van der Waals surface area contributed by atoms with Gasteiger partial charge in [-0.05, 0) is 18.1 Å². The van der Waals surface area contributed by atoms with Gasteiger partial charge in [0.15, 0.2) is 11.6 Å². The van der Waals surface area contributed by atoms with Gasteiger partial charge in [-0.25, -0.2) is 0 Å². The van der Waals surface area contributed by atoms with E-state index in [-0.39, 0.29) is 46.6 Å². The second kappa shape index (κ2) is 5.11. The van der Waals surface area contributed by atoms with Crippen molar-refractivity contribution in [3.63, 3.8) is 0 Å². The zero-order chi connectivity index (χ0) is 15.9. The Morgan fingerprint density at radius 2 is 1.50 bits per heavy atom. The number of carbonyl (C=O) groups excluding carboxylic acids is 2. The van der Waals surface area contributed by atoms with Crippen molar-refractivity contribution in [1.82, 2.24) is 0 Å². The third-order valence-electron chi connectivity index (χ3n) is 3.75. The summed E-state index contributed by atoms with van der Waals surface area (Å²) >= 11 is 0. The van der Waals surface area contributed by atoms with Gasteiger partial charge in [-0.1, -0.05) is 30.3 Å². The monoisotopic (exact) mass is 296 g/mol. The summed E-state index contributed by atoms with van der Waals surface area (Å²) in [5.41, 5.74) is 1.08. The van der Waals surface area contributed by atoms with E-state index in [1.807, 2.05) is 0 Å². The summed E-state index contributed by atoms with van der Waals surface area (Å²) in [7, 11) is 0. The summed E-state index contributed by atoms with van der Waals surface area (Å²) in [4.78, 5) is 35.9. The second-order valence-corrected chi connectivity index (χ2v) is 5.09. The Morgan fingerprint density at radius 1 is 0.909 bits per heavy atom. The van der Waals surface area contributed by atoms with Crippen LogP contribution in [-0.4, -0.2) is 27.7 Å². The van der Waals surface area contributed by atoms with Gasteiger partial charge in [0.1, 0.15) is 5.75 Å². The third kappa shape index (κ3) is 2.07. The van der Waals surface area contributed by atoms with Crippen molar-refractivity contribution in [2.75, 3.05) is 0 Å². The van der Waals surface area contributed by atoms with Crippen LogP contribution in [0.5, 0.6) is 5.75 Å². The zero-order valence-electron chi connectivity index (χ0n) is 11.5. The van der Waals surface area contributed by atoms with Crippen molar-refractivity contribution >= 4 is 17.5 Å². The number of hydrogen-bond donors (Lipinski definition) is 2. The summed E-state index contributed by atoms with van der Waals surface area (Å²) in [6.07, 6.45) is -0.0283. The molecule has 5 nitrogen and oxygen atoms in total. The van der Waals surface area contributed by atoms with E-state index in [4.69, 9.17) is 5.11 Å². The molecule has 2 aromatic carbocycles. The number of aryl methyl sites for hydroxylation is 1. The minimum Gasteiger partial charge on any atom is -0.507 e. The highest BCUT2D eigenvalue weighted by atomic mass is 16.4. The highest BCUT2D eigenvalue weighted by Crippen LogP contribution is 2.35. The minimum absolute atomic E-state index is 0.0356. The maximum Gasteiger partial charge on any atom is 0.303 e. The number of phenolic OH excluding ortho intramolecular Hbond substituents is 1. The molecule has 1 aliphatic rings. The van der Waals surface area contributed by atoms with Gasteiger partial charge in [0.25, 0.3) is 0 Å². The third-order valence-corrected chi connectivity index (χ3v) is 3.75. The molecule has 110 valence electrons. The largest absolute Gasteiger partial charge is 0.507 e. The number of ketones is 2. The normalized spacial score (nSPS) is 12.7. The predicted molar refractivity (Wildman–Crippen MR) is 77.4 cm³/mol. The first-order chi connectivity index (χ1) is 10.5. The van der Waals surface area contributed by atoms with Crippen LogP contribution >= 0.6 is 0 Å². The average Bonchev–Trinajstić information content (AvgIpc) is 2.51. The Labute approximate surface area is 125 Å². The van der Waals surface area contributed by atoms with Gasteiger partial charge >= 0.3 is 5.97 Å². The summed E-state index contributed by atoms with van der Waals surface area (Å²) in [6.45, 7) is 0. The number of carbonyl (C=O) groups is 3. The number of carboxylic acids is 1. The van der Waals surface area contributed by atoms with Gasteiger partial charge in [0, 0.05) is 23.1 Å². The van der Waals surface area contributed by atoms with Gasteiger partial charge in [-0.15, -0.1) is 0 Å². The zero-order valence-corrected chi connectivity index (χ0v) is 11.5. The predicted octanol–water partition coefficient (Wildman–Crippen LogP) is 2.18. The van der Waals surface area contributed by atoms with Crippen LogP contribution in [0.1, 0.15) is 43.8 Å². The SMILES string of the molecule is O=C(O)CCc1ccc(O)c2c1C(=O)c1ccccc1C2=O. The molecule has 0 saturated carbocycles. The van der Waals surface area contributed by atoms with E-state index in [0.717, 1.165) is 0 Å². The molecule has 2 N–H and O–H groups in total. The fourth-order valence-corrected chi connectivity index (χ4v) is 2.72. The Bertz CT molecular complexity index is 820. The number of hydrogen-bond acceptors (Lipinski definition) is 4. The first-order valence-corrected chi connectivity index (χ1v) is 6.75. The number of phenols is 1. The molecule has 0 radical (unpaired) electrons. The van der Waals surface area contributed by atoms with E-state index < -0.39 is 11.8 Å². The van der Waals surface area contributed by atoms with Crippen LogP contribution < -0.4 is 0 Å². The summed E-state index contributed by atoms with van der Waals surface area (Å²) in [5, 5.41) is 18.8. The quantitative estimate of drug-likeness (QED) is 0.773. The van der Waals surface area contributed by atoms with E-state index in [1.54, 1.807) is 24.3 Å². The number of carboxylic acid groups (broad SMARTS) is 1. The smallest absolute Gasteiger partial charge is 0.303 e. The first-order valence-electron chi connectivity index (χ1n) is 6.75. The van der Waals surface area contributed by atoms with Gasteiger partial charge in [-0.2, -0.15) is 0 Å². The summed E-state index contributed by atoms with van der Waals surface area (Å²) in [5.74, 6) is -2.03. The lowest BCUT2D eigenvalue weighted by molar-refractivity contribution is -0.136. The number of benzene rings is 2. The van der Waals surface area contributed by atoms with Crippen LogP contribution in [0.2, 0.25) is 0 Å². The number of aliphatic carboxylic acids is 1. The van der Waals surface area contributed by atoms with Crippen LogP contribution in [0.25, 0.3) is 0 Å². The van der Waals surface area contributed by atoms with Crippen LogP contribution in [0.3, 0.4) is 0 Å². The molecular formula is C17H12O5. The lowest BCUT2D eigenvalue weighted by Gasteiger charge is -2.20. The van der Waals surface area contributed by atoms with E-state index in [0.29, 0.717) is 5.56 Å². The van der Waals surface area contributed by atoms with Crippen molar-refractivity contribution in [1.29, 1.82) is 0 Å². The molecule has 3 rings (SSSR count). The van der Waals surface area contributed by atoms with E-state index in [9.17, 15) is 19.5 Å². The number of rotatable bonds is 3. The van der Waals surface area contributed by atoms with Crippen LogP contribution in [0.4, 0.5) is 0 Å². The molecule has 0 spiro atoms. The van der Waals surface area contributed by atoms with Gasteiger partial charge < -0.3 is 10.2 Å². The van der Waals surface area contributed by atoms with Gasteiger partial charge in [-0.3, -0.25) is 14.4 Å². The van der Waals surface area contributed by atoms with Crippen molar-refractivity contribution in [2.24, 2.45) is 0 Å². The molecule has 0 bridgehead atoms. The van der Waals surface area contributed by atoms with Crippen molar-refractivity contribution < 1.29 is 24.6 Å². The Balaban J connectivity index is 2.20. The van der Waals surface area contributed by atoms with E-state index in [1.165, 1.54) is 12.1 Å². The molecule has 1 aliphatic carbocycles. The van der Waals surface area contributed by atoms with Gasteiger partial charge in [0.05, 0.1) is 5.56 Å². The fraction of sp³-hybridized carbons (Fsp3) is 0.118. The van der Waals surface area contributed by atoms with Crippen molar-refractivity contribution in [2.45, 2.75) is 12.8 Å². The Kier molecular flexibility index (Phi) is 3.25. The molecule has 0 fully saturated rings. The summed E-state index contributed by atoms with van der Waals surface area (Å²) in [6, 6.07) is 9.24. The average molecular weight is 296 g/mol.